The van der Waals surface area contributed by atoms with E-state index in [1.165, 1.54) is 10.5 Å². The number of hydrogen-bond donors (Lipinski definition) is 3. The highest BCUT2D eigenvalue weighted by Crippen LogP contribution is 2.18. The number of imide groups is 1. The van der Waals surface area contributed by atoms with Crippen molar-refractivity contribution in [1.82, 2.24) is 5.32 Å². The van der Waals surface area contributed by atoms with Gasteiger partial charge >= 0.3 is 6.03 Å². The molecule has 0 saturated carbocycles. The van der Waals surface area contributed by atoms with Crippen LogP contribution in [-0.4, -0.2) is 25.0 Å². The molecule has 1 saturated heterocycles. The van der Waals surface area contributed by atoms with Gasteiger partial charge in [-0.2, -0.15) is 0 Å². The third kappa shape index (κ3) is 4.70. The molecule has 136 valence electrons. The van der Waals surface area contributed by atoms with Gasteiger partial charge in [-0.3, -0.25) is 10.1 Å². The molecule has 2 aromatic carbocycles. The predicted octanol–water partition coefficient (Wildman–Crippen LogP) is 1.46. The molecule has 1 heterocycles. The first kappa shape index (κ1) is 18.1. The third-order valence-electron chi connectivity index (χ3n) is 5.16. The number of benzene rings is 2. The van der Waals surface area contributed by atoms with Crippen molar-refractivity contribution in [3.05, 3.63) is 71.8 Å². The molecule has 26 heavy (non-hydrogen) atoms. The van der Waals surface area contributed by atoms with Crippen molar-refractivity contribution in [3.63, 3.8) is 0 Å². The SMILES string of the molecule is NC(=O)NC(=O)[C@H](c1ccccc1)[NH+]1CCC(Cc2ccccc2)CC1. The monoisotopic (exact) mass is 352 g/mol. The summed E-state index contributed by atoms with van der Waals surface area (Å²) in [6.45, 7) is 1.81. The van der Waals surface area contributed by atoms with Gasteiger partial charge in [0.15, 0.2) is 6.04 Å². The number of urea groups is 1. The van der Waals surface area contributed by atoms with Crippen LogP contribution in [0.2, 0.25) is 0 Å². The van der Waals surface area contributed by atoms with Gasteiger partial charge in [0.2, 0.25) is 0 Å². The minimum Gasteiger partial charge on any atom is -0.351 e. The molecule has 5 heteroatoms. The third-order valence-corrected chi connectivity index (χ3v) is 5.16. The molecule has 0 aliphatic carbocycles. The lowest BCUT2D eigenvalue weighted by atomic mass is 9.89. The second kappa shape index (κ2) is 8.63. The first-order valence-corrected chi connectivity index (χ1v) is 9.17. The molecule has 4 N–H and O–H groups in total. The first-order chi connectivity index (χ1) is 12.6. The zero-order chi connectivity index (χ0) is 18.4. The molecular formula is C21H26N3O2+. The van der Waals surface area contributed by atoms with Gasteiger partial charge in [0.05, 0.1) is 13.1 Å². The van der Waals surface area contributed by atoms with Gasteiger partial charge in [0, 0.05) is 5.56 Å². The lowest BCUT2D eigenvalue weighted by Crippen LogP contribution is -3.14. The number of amides is 3. The van der Waals surface area contributed by atoms with E-state index in [4.69, 9.17) is 5.73 Å². The van der Waals surface area contributed by atoms with Crippen molar-refractivity contribution in [1.29, 1.82) is 0 Å². The van der Waals surface area contributed by atoms with Crippen LogP contribution < -0.4 is 16.0 Å². The van der Waals surface area contributed by atoms with Crippen LogP contribution >= 0.6 is 0 Å². The number of nitrogens with one attached hydrogen (secondary N) is 2. The van der Waals surface area contributed by atoms with Crippen LogP contribution in [0.3, 0.4) is 0 Å². The van der Waals surface area contributed by atoms with Crippen LogP contribution in [0.4, 0.5) is 4.79 Å². The summed E-state index contributed by atoms with van der Waals surface area (Å²) in [5.74, 6) is 0.317. The Labute approximate surface area is 154 Å². The number of nitrogens with two attached hydrogens (primary N) is 1. The van der Waals surface area contributed by atoms with Crippen LogP contribution in [0.25, 0.3) is 0 Å². The van der Waals surface area contributed by atoms with Gasteiger partial charge in [0.1, 0.15) is 0 Å². The summed E-state index contributed by atoms with van der Waals surface area (Å²) in [4.78, 5) is 25.0. The number of likely N-dealkylation sites (tertiary alicyclic amines) is 1. The van der Waals surface area contributed by atoms with E-state index in [0.717, 1.165) is 37.9 Å². The topological polar surface area (TPSA) is 76.6 Å². The van der Waals surface area contributed by atoms with E-state index in [1.807, 2.05) is 36.4 Å². The number of carbonyl (C=O) groups is 2. The van der Waals surface area contributed by atoms with Gasteiger partial charge in [-0.25, -0.2) is 4.79 Å². The lowest BCUT2D eigenvalue weighted by molar-refractivity contribution is -0.927. The molecule has 0 bridgehead atoms. The molecule has 0 aromatic heterocycles. The Morgan fingerprint density at radius 3 is 2.15 bits per heavy atom. The molecule has 1 fully saturated rings. The van der Waals surface area contributed by atoms with E-state index in [0.29, 0.717) is 5.92 Å². The molecular weight excluding hydrogens is 326 g/mol. The molecule has 0 unspecified atom stereocenters. The van der Waals surface area contributed by atoms with Gasteiger partial charge in [-0.1, -0.05) is 60.7 Å². The average Bonchev–Trinajstić information content (AvgIpc) is 2.64. The zero-order valence-corrected chi connectivity index (χ0v) is 14.9. The fraction of sp³-hybridized carbons (Fsp3) is 0.333. The fourth-order valence-electron chi connectivity index (χ4n) is 3.90. The Hall–Kier alpha value is -2.66. The van der Waals surface area contributed by atoms with Gasteiger partial charge in [-0.05, 0) is 30.7 Å². The van der Waals surface area contributed by atoms with E-state index >= 15 is 0 Å². The van der Waals surface area contributed by atoms with Crippen molar-refractivity contribution >= 4 is 11.9 Å². The van der Waals surface area contributed by atoms with E-state index in [-0.39, 0.29) is 5.91 Å². The van der Waals surface area contributed by atoms with Crippen LogP contribution in [0, 0.1) is 5.92 Å². The van der Waals surface area contributed by atoms with Crippen LogP contribution in [0.15, 0.2) is 60.7 Å². The van der Waals surface area contributed by atoms with Crippen molar-refractivity contribution in [2.24, 2.45) is 11.7 Å². The molecule has 0 spiro atoms. The van der Waals surface area contributed by atoms with Crippen molar-refractivity contribution in [3.8, 4) is 0 Å². The highest BCUT2D eigenvalue weighted by molar-refractivity contribution is 5.96. The number of carbonyl (C=O) groups excluding carboxylic acids is 2. The second-order valence-corrected chi connectivity index (χ2v) is 6.99. The summed E-state index contributed by atoms with van der Waals surface area (Å²) in [5, 5.41) is 2.27. The Kier molecular flexibility index (Phi) is 6.02. The molecule has 0 radical (unpaired) electrons. The average molecular weight is 352 g/mol. The quantitative estimate of drug-likeness (QED) is 0.762. The Bertz CT molecular complexity index is 725. The predicted molar refractivity (Wildman–Crippen MR) is 100 cm³/mol. The van der Waals surface area contributed by atoms with Crippen LogP contribution in [-0.2, 0) is 11.2 Å². The van der Waals surface area contributed by atoms with E-state index in [2.05, 4.69) is 29.6 Å². The Balaban J connectivity index is 1.67. The number of rotatable bonds is 5. The number of primary amides is 1. The summed E-state index contributed by atoms with van der Waals surface area (Å²) in [6.07, 6.45) is 3.21. The van der Waals surface area contributed by atoms with Gasteiger partial charge in [0.25, 0.3) is 5.91 Å². The van der Waals surface area contributed by atoms with Crippen LogP contribution in [0.5, 0.6) is 0 Å². The molecule has 1 atom stereocenters. The summed E-state index contributed by atoms with van der Waals surface area (Å²) < 4.78 is 0. The summed E-state index contributed by atoms with van der Waals surface area (Å²) >= 11 is 0. The van der Waals surface area contributed by atoms with E-state index < -0.39 is 12.1 Å². The zero-order valence-electron chi connectivity index (χ0n) is 14.9. The minimum atomic E-state index is -0.797. The Morgan fingerprint density at radius 2 is 1.58 bits per heavy atom. The molecule has 3 rings (SSSR count). The van der Waals surface area contributed by atoms with E-state index in [1.54, 1.807) is 0 Å². The van der Waals surface area contributed by atoms with Gasteiger partial charge < -0.3 is 10.6 Å². The Morgan fingerprint density at radius 1 is 1.00 bits per heavy atom. The van der Waals surface area contributed by atoms with Crippen molar-refractivity contribution < 1.29 is 14.5 Å². The number of quaternary nitrogens is 1. The van der Waals surface area contributed by atoms with Crippen LogP contribution in [0.1, 0.15) is 30.0 Å². The van der Waals surface area contributed by atoms with Crippen molar-refractivity contribution in [2.45, 2.75) is 25.3 Å². The fourth-order valence-corrected chi connectivity index (χ4v) is 3.90. The largest absolute Gasteiger partial charge is 0.351 e. The maximum absolute atomic E-state index is 12.6. The van der Waals surface area contributed by atoms with Gasteiger partial charge in [-0.15, -0.1) is 0 Å². The number of piperidine rings is 1. The molecule has 5 nitrogen and oxygen atoms in total. The minimum absolute atomic E-state index is 0.319. The maximum atomic E-state index is 12.6. The first-order valence-electron chi connectivity index (χ1n) is 9.17. The lowest BCUT2D eigenvalue weighted by Gasteiger charge is -2.34. The van der Waals surface area contributed by atoms with Crippen molar-refractivity contribution in [2.75, 3.05) is 13.1 Å². The summed E-state index contributed by atoms with van der Waals surface area (Å²) in [7, 11) is 0. The highest BCUT2D eigenvalue weighted by atomic mass is 16.2. The molecule has 3 amide bonds. The summed E-state index contributed by atoms with van der Waals surface area (Å²) in [5.41, 5.74) is 7.45. The molecule has 1 aliphatic rings. The number of hydrogen-bond acceptors (Lipinski definition) is 2. The van der Waals surface area contributed by atoms with E-state index in [9.17, 15) is 9.59 Å². The molecule has 2 aromatic rings. The normalized spacial score (nSPS) is 20.9. The maximum Gasteiger partial charge on any atom is 0.319 e. The smallest absolute Gasteiger partial charge is 0.319 e. The highest BCUT2D eigenvalue weighted by Gasteiger charge is 2.35. The molecule has 1 aliphatic heterocycles. The standard InChI is InChI=1S/C21H25N3O2/c22-21(26)23-20(25)19(18-9-5-2-6-10-18)24-13-11-17(12-14-24)15-16-7-3-1-4-8-16/h1-10,17,19H,11-15H2,(H3,22,23,25,26)/p+1/t19-/m0/s1. The summed E-state index contributed by atoms with van der Waals surface area (Å²) in [6, 6.07) is 19.0. The second-order valence-electron chi connectivity index (χ2n) is 6.99.